The molecule has 8 heteroatoms. The molecule has 1 aromatic carbocycles. The van der Waals surface area contributed by atoms with E-state index in [0.29, 0.717) is 18.9 Å². The number of carbonyl (C=O) groups is 1. The summed E-state index contributed by atoms with van der Waals surface area (Å²) >= 11 is 0. The Bertz CT molecular complexity index is 585. The number of rotatable bonds is 7. The fourth-order valence-corrected chi connectivity index (χ4v) is 1.71. The summed E-state index contributed by atoms with van der Waals surface area (Å²) in [5.74, 6) is -0.224. The molecule has 0 atom stereocenters. The van der Waals surface area contributed by atoms with Gasteiger partial charge in [-0.1, -0.05) is 6.07 Å². The van der Waals surface area contributed by atoms with Gasteiger partial charge in [-0.2, -0.15) is 0 Å². The monoisotopic (exact) mass is 291 g/mol. The van der Waals surface area contributed by atoms with Crippen LogP contribution >= 0.6 is 0 Å². The van der Waals surface area contributed by atoms with Gasteiger partial charge < -0.3 is 14.8 Å². The first-order valence-electron chi connectivity index (χ1n) is 6.41. The number of benzene rings is 1. The van der Waals surface area contributed by atoms with Gasteiger partial charge in [0.1, 0.15) is 12.9 Å². The summed E-state index contributed by atoms with van der Waals surface area (Å²) in [5.41, 5.74) is 2.46. The Morgan fingerprint density at radius 2 is 2.24 bits per heavy atom. The average molecular weight is 291 g/mol. The van der Waals surface area contributed by atoms with Crippen molar-refractivity contribution in [3.05, 3.63) is 30.1 Å². The Kier molecular flexibility index (Phi) is 5.35. The van der Waals surface area contributed by atoms with E-state index in [1.165, 1.54) is 6.33 Å². The number of aryl methyl sites for hydroxylation is 1. The number of anilines is 1. The molecule has 0 radical (unpaired) electrons. The van der Waals surface area contributed by atoms with Crippen LogP contribution in [0.15, 0.2) is 24.5 Å². The van der Waals surface area contributed by atoms with Crippen LogP contribution < -0.4 is 5.32 Å². The van der Waals surface area contributed by atoms with Crippen LogP contribution in [0, 0.1) is 6.92 Å². The first kappa shape index (κ1) is 15.1. The first-order chi connectivity index (χ1) is 10.2. The van der Waals surface area contributed by atoms with Gasteiger partial charge in [0.25, 0.3) is 0 Å². The average Bonchev–Trinajstić information content (AvgIpc) is 3.00. The molecule has 1 amide bonds. The molecule has 1 aromatic heterocycles. The van der Waals surface area contributed by atoms with Crippen molar-refractivity contribution in [3.8, 4) is 5.69 Å². The Morgan fingerprint density at radius 3 is 2.95 bits per heavy atom. The van der Waals surface area contributed by atoms with Crippen molar-refractivity contribution in [2.75, 3.05) is 32.2 Å². The van der Waals surface area contributed by atoms with Gasteiger partial charge in [0.15, 0.2) is 0 Å². The van der Waals surface area contributed by atoms with Crippen LogP contribution in [-0.4, -0.2) is 53.0 Å². The summed E-state index contributed by atoms with van der Waals surface area (Å²) in [4.78, 5) is 11.7. The van der Waals surface area contributed by atoms with Gasteiger partial charge >= 0.3 is 0 Å². The fourth-order valence-electron chi connectivity index (χ4n) is 1.71. The second-order valence-corrected chi connectivity index (χ2v) is 4.35. The molecule has 0 fully saturated rings. The van der Waals surface area contributed by atoms with E-state index in [1.807, 2.05) is 19.1 Å². The number of methoxy groups -OCH3 is 1. The van der Waals surface area contributed by atoms with Crippen molar-refractivity contribution in [1.82, 2.24) is 20.2 Å². The van der Waals surface area contributed by atoms with E-state index in [-0.39, 0.29) is 12.5 Å². The van der Waals surface area contributed by atoms with Crippen molar-refractivity contribution < 1.29 is 14.3 Å². The molecular formula is C13H17N5O3. The molecule has 0 saturated carbocycles. The van der Waals surface area contributed by atoms with Gasteiger partial charge in [0, 0.05) is 12.8 Å². The van der Waals surface area contributed by atoms with E-state index in [1.54, 1.807) is 17.9 Å². The largest absolute Gasteiger partial charge is 0.382 e. The number of ether oxygens (including phenoxy) is 2. The maximum absolute atomic E-state index is 11.7. The van der Waals surface area contributed by atoms with Crippen molar-refractivity contribution in [1.29, 1.82) is 0 Å². The SMILES string of the molecule is COCCOCC(=O)Nc1ccc(C)c(-n2cnnn2)c1. The lowest BCUT2D eigenvalue weighted by Gasteiger charge is -2.09. The van der Waals surface area contributed by atoms with Gasteiger partial charge in [-0.15, -0.1) is 5.10 Å². The summed E-state index contributed by atoms with van der Waals surface area (Å²) in [6.45, 7) is 2.77. The van der Waals surface area contributed by atoms with Crippen LogP contribution in [-0.2, 0) is 14.3 Å². The molecule has 0 aliphatic rings. The fraction of sp³-hybridized carbons (Fsp3) is 0.385. The quantitative estimate of drug-likeness (QED) is 0.750. The topological polar surface area (TPSA) is 91.2 Å². The Morgan fingerprint density at radius 1 is 1.38 bits per heavy atom. The van der Waals surface area contributed by atoms with Crippen LogP contribution in [0.25, 0.3) is 5.69 Å². The van der Waals surface area contributed by atoms with Gasteiger partial charge in [0.2, 0.25) is 5.91 Å². The lowest BCUT2D eigenvalue weighted by molar-refractivity contribution is -0.121. The molecule has 0 bridgehead atoms. The molecule has 8 nitrogen and oxygen atoms in total. The van der Waals surface area contributed by atoms with Gasteiger partial charge in [0.05, 0.1) is 18.9 Å². The molecule has 1 heterocycles. The number of hydrogen-bond acceptors (Lipinski definition) is 6. The van der Waals surface area contributed by atoms with E-state index in [4.69, 9.17) is 9.47 Å². The summed E-state index contributed by atoms with van der Waals surface area (Å²) in [7, 11) is 1.58. The highest BCUT2D eigenvalue weighted by molar-refractivity contribution is 5.92. The number of nitrogens with one attached hydrogen (secondary N) is 1. The summed E-state index contributed by atoms with van der Waals surface area (Å²) in [6.07, 6.45) is 1.50. The van der Waals surface area contributed by atoms with Crippen molar-refractivity contribution >= 4 is 11.6 Å². The van der Waals surface area contributed by atoms with Crippen molar-refractivity contribution in [2.24, 2.45) is 0 Å². The van der Waals surface area contributed by atoms with E-state index < -0.39 is 0 Å². The second-order valence-electron chi connectivity index (χ2n) is 4.35. The number of nitrogens with zero attached hydrogens (tertiary/aromatic N) is 4. The number of tetrazole rings is 1. The summed E-state index contributed by atoms with van der Waals surface area (Å²) in [5, 5.41) is 13.8. The van der Waals surface area contributed by atoms with E-state index in [9.17, 15) is 4.79 Å². The molecule has 1 N–H and O–H groups in total. The molecule has 21 heavy (non-hydrogen) atoms. The zero-order valence-electron chi connectivity index (χ0n) is 11.9. The minimum Gasteiger partial charge on any atom is -0.382 e. The third-order valence-electron chi connectivity index (χ3n) is 2.75. The highest BCUT2D eigenvalue weighted by Gasteiger charge is 2.07. The zero-order valence-corrected chi connectivity index (χ0v) is 11.9. The smallest absolute Gasteiger partial charge is 0.250 e. The van der Waals surface area contributed by atoms with Crippen LogP contribution in [0.4, 0.5) is 5.69 Å². The molecular weight excluding hydrogens is 274 g/mol. The minimum absolute atomic E-state index is 0.0164. The number of carbonyl (C=O) groups excluding carboxylic acids is 1. The Balaban J connectivity index is 1.98. The normalized spacial score (nSPS) is 10.6. The lowest BCUT2D eigenvalue weighted by atomic mass is 10.2. The molecule has 2 rings (SSSR count). The molecule has 0 aliphatic carbocycles. The maximum Gasteiger partial charge on any atom is 0.250 e. The predicted octanol–water partition coefficient (Wildman–Crippen LogP) is 0.572. The molecule has 0 spiro atoms. The van der Waals surface area contributed by atoms with Crippen LogP contribution in [0.3, 0.4) is 0 Å². The second kappa shape index (κ2) is 7.46. The van der Waals surface area contributed by atoms with E-state index in [0.717, 1.165) is 11.3 Å². The van der Waals surface area contributed by atoms with Crippen LogP contribution in [0.5, 0.6) is 0 Å². The predicted molar refractivity (Wildman–Crippen MR) is 75.2 cm³/mol. The molecule has 112 valence electrons. The third kappa shape index (κ3) is 4.33. The van der Waals surface area contributed by atoms with Crippen LogP contribution in [0.1, 0.15) is 5.56 Å². The number of amides is 1. The highest BCUT2D eigenvalue weighted by atomic mass is 16.5. The van der Waals surface area contributed by atoms with E-state index >= 15 is 0 Å². The first-order valence-corrected chi connectivity index (χ1v) is 6.41. The number of hydrogen-bond donors (Lipinski definition) is 1. The standard InChI is InChI=1S/C13H17N5O3/c1-10-3-4-11(7-12(10)18-9-14-16-17-18)15-13(19)8-21-6-5-20-2/h3-4,7,9H,5-6,8H2,1-2H3,(H,15,19). The van der Waals surface area contributed by atoms with Gasteiger partial charge in [-0.25, -0.2) is 4.68 Å². The Hall–Kier alpha value is -2.32. The maximum atomic E-state index is 11.7. The Labute approximate surface area is 122 Å². The van der Waals surface area contributed by atoms with Crippen LogP contribution in [0.2, 0.25) is 0 Å². The molecule has 0 saturated heterocycles. The molecule has 0 unspecified atom stereocenters. The van der Waals surface area contributed by atoms with Crippen molar-refractivity contribution in [2.45, 2.75) is 6.92 Å². The zero-order chi connectivity index (χ0) is 15.1. The van der Waals surface area contributed by atoms with E-state index in [2.05, 4.69) is 20.8 Å². The van der Waals surface area contributed by atoms with Crippen molar-refractivity contribution in [3.63, 3.8) is 0 Å². The molecule has 2 aromatic rings. The highest BCUT2D eigenvalue weighted by Crippen LogP contribution is 2.18. The molecule has 0 aliphatic heterocycles. The minimum atomic E-state index is -0.224. The third-order valence-corrected chi connectivity index (χ3v) is 2.75. The summed E-state index contributed by atoms with van der Waals surface area (Å²) < 4.78 is 11.5. The van der Waals surface area contributed by atoms with Gasteiger partial charge in [-0.3, -0.25) is 4.79 Å². The summed E-state index contributed by atoms with van der Waals surface area (Å²) in [6, 6.07) is 5.51. The van der Waals surface area contributed by atoms with Gasteiger partial charge in [-0.05, 0) is 35.0 Å². The lowest BCUT2D eigenvalue weighted by Crippen LogP contribution is -2.19. The number of aromatic nitrogens is 4.